The van der Waals surface area contributed by atoms with Crippen molar-refractivity contribution in [1.82, 2.24) is 5.32 Å². The molecule has 3 nitrogen and oxygen atoms in total. The largest absolute Gasteiger partial charge is 0.496 e. The van der Waals surface area contributed by atoms with Crippen molar-refractivity contribution in [1.29, 1.82) is 0 Å². The second-order valence-electron chi connectivity index (χ2n) is 6.20. The minimum Gasteiger partial charge on any atom is -0.496 e. The molecule has 0 saturated heterocycles. The van der Waals surface area contributed by atoms with Gasteiger partial charge in [0.2, 0.25) is 0 Å². The van der Waals surface area contributed by atoms with Crippen molar-refractivity contribution in [2.24, 2.45) is 0 Å². The number of halogens is 3. The first-order chi connectivity index (χ1) is 13.6. The van der Waals surface area contributed by atoms with Gasteiger partial charge < -0.3 is 14.8 Å². The number of hydrogen-bond acceptors (Lipinski definition) is 3. The summed E-state index contributed by atoms with van der Waals surface area (Å²) in [6, 6.07) is 19.5. The van der Waals surface area contributed by atoms with Gasteiger partial charge in [0, 0.05) is 28.7 Å². The molecule has 0 aliphatic rings. The Morgan fingerprint density at radius 3 is 2.43 bits per heavy atom. The zero-order chi connectivity index (χ0) is 19.9. The number of rotatable bonds is 8. The molecule has 0 heterocycles. The standard InChI is InChI=1S/C22H20BrCl2NO2/c1-27-21-5-3-2-4-16(21)12-26-13-17-11-18(23)7-9-22(17)28-14-15-6-8-19(24)20(25)10-15/h2-11,26H,12-14H2,1H3. The Morgan fingerprint density at radius 2 is 1.64 bits per heavy atom. The van der Waals surface area contributed by atoms with E-state index in [1.54, 1.807) is 13.2 Å². The molecule has 28 heavy (non-hydrogen) atoms. The molecular weight excluding hydrogens is 461 g/mol. The lowest BCUT2D eigenvalue weighted by Crippen LogP contribution is -2.14. The highest BCUT2D eigenvalue weighted by Gasteiger charge is 2.08. The lowest BCUT2D eigenvalue weighted by molar-refractivity contribution is 0.302. The number of benzene rings is 3. The third-order valence-corrected chi connectivity index (χ3v) is 5.46. The molecule has 0 aromatic heterocycles. The fourth-order valence-electron chi connectivity index (χ4n) is 2.80. The summed E-state index contributed by atoms with van der Waals surface area (Å²) >= 11 is 15.6. The SMILES string of the molecule is COc1ccccc1CNCc1cc(Br)ccc1OCc1ccc(Cl)c(Cl)c1. The third-order valence-electron chi connectivity index (χ3n) is 4.22. The summed E-state index contributed by atoms with van der Waals surface area (Å²) in [5, 5.41) is 4.52. The smallest absolute Gasteiger partial charge is 0.124 e. The quantitative estimate of drug-likeness (QED) is 0.392. The Morgan fingerprint density at radius 1 is 0.857 bits per heavy atom. The van der Waals surface area contributed by atoms with Crippen LogP contribution in [0.1, 0.15) is 16.7 Å². The van der Waals surface area contributed by atoms with Crippen LogP contribution in [0, 0.1) is 0 Å². The van der Waals surface area contributed by atoms with Gasteiger partial charge in [0.25, 0.3) is 0 Å². The topological polar surface area (TPSA) is 30.5 Å². The molecule has 146 valence electrons. The monoisotopic (exact) mass is 479 g/mol. The minimum absolute atomic E-state index is 0.415. The Kier molecular flexibility index (Phi) is 7.63. The van der Waals surface area contributed by atoms with Crippen LogP contribution in [0.4, 0.5) is 0 Å². The zero-order valence-electron chi connectivity index (χ0n) is 15.3. The van der Waals surface area contributed by atoms with Crippen LogP contribution in [0.3, 0.4) is 0 Å². The van der Waals surface area contributed by atoms with Gasteiger partial charge in [-0.15, -0.1) is 0 Å². The van der Waals surface area contributed by atoms with E-state index in [4.69, 9.17) is 32.7 Å². The predicted octanol–water partition coefficient (Wildman–Crippen LogP) is 6.63. The molecule has 3 aromatic carbocycles. The molecule has 0 unspecified atom stereocenters. The highest BCUT2D eigenvalue weighted by Crippen LogP contribution is 2.27. The number of nitrogens with one attached hydrogen (secondary N) is 1. The summed E-state index contributed by atoms with van der Waals surface area (Å²) in [4.78, 5) is 0. The van der Waals surface area contributed by atoms with Gasteiger partial charge in [0.05, 0.1) is 17.2 Å². The molecule has 0 spiro atoms. The van der Waals surface area contributed by atoms with Gasteiger partial charge in [0.1, 0.15) is 18.1 Å². The first-order valence-corrected chi connectivity index (χ1v) is 10.3. The summed E-state index contributed by atoms with van der Waals surface area (Å²) in [5.74, 6) is 1.70. The maximum Gasteiger partial charge on any atom is 0.124 e. The van der Waals surface area contributed by atoms with E-state index in [-0.39, 0.29) is 0 Å². The summed E-state index contributed by atoms with van der Waals surface area (Å²) in [6.45, 7) is 1.77. The fraction of sp³-hybridized carbons (Fsp3) is 0.182. The Hall–Kier alpha value is -1.72. The molecule has 0 fully saturated rings. The van der Waals surface area contributed by atoms with Crippen LogP contribution >= 0.6 is 39.1 Å². The highest BCUT2D eigenvalue weighted by atomic mass is 79.9. The first kappa shape index (κ1) is 21.0. The van der Waals surface area contributed by atoms with Crippen LogP contribution in [-0.2, 0) is 19.7 Å². The number of para-hydroxylation sites is 1. The van der Waals surface area contributed by atoms with Crippen LogP contribution in [0.25, 0.3) is 0 Å². The summed E-state index contributed by atoms with van der Waals surface area (Å²) in [7, 11) is 1.68. The second kappa shape index (κ2) is 10.2. The van der Waals surface area contributed by atoms with E-state index < -0.39 is 0 Å². The van der Waals surface area contributed by atoms with Crippen LogP contribution in [0.2, 0.25) is 10.0 Å². The van der Waals surface area contributed by atoms with Crippen molar-refractivity contribution < 1.29 is 9.47 Å². The van der Waals surface area contributed by atoms with E-state index in [1.807, 2.05) is 42.5 Å². The average molecular weight is 481 g/mol. The van der Waals surface area contributed by atoms with Crippen LogP contribution in [0.15, 0.2) is 65.1 Å². The van der Waals surface area contributed by atoms with E-state index >= 15 is 0 Å². The maximum atomic E-state index is 6.09. The van der Waals surface area contributed by atoms with Crippen molar-refractivity contribution in [2.75, 3.05) is 7.11 Å². The number of methoxy groups -OCH3 is 1. The van der Waals surface area contributed by atoms with Gasteiger partial charge in [0.15, 0.2) is 0 Å². The predicted molar refractivity (Wildman–Crippen MR) is 118 cm³/mol. The van der Waals surface area contributed by atoms with Crippen molar-refractivity contribution in [3.05, 3.63) is 91.9 Å². The molecule has 6 heteroatoms. The van der Waals surface area contributed by atoms with Crippen molar-refractivity contribution in [3.8, 4) is 11.5 Å². The van der Waals surface area contributed by atoms with Gasteiger partial charge in [-0.2, -0.15) is 0 Å². The third kappa shape index (κ3) is 5.65. The van der Waals surface area contributed by atoms with E-state index in [0.29, 0.717) is 29.7 Å². The molecule has 0 saturated carbocycles. The normalized spacial score (nSPS) is 10.7. The molecule has 0 aliphatic heterocycles. The summed E-state index contributed by atoms with van der Waals surface area (Å²) in [6.07, 6.45) is 0. The molecule has 0 aliphatic carbocycles. The van der Waals surface area contributed by atoms with Crippen LogP contribution < -0.4 is 14.8 Å². The fourth-order valence-corrected chi connectivity index (χ4v) is 3.53. The Balaban J connectivity index is 1.65. The summed E-state index contributed by atoms with van der Waals surface area (Å²) < 4.78 is 12.4. The van der Waals surface area contributed by atoms with E-state index in [0.717, 1.165) is 32.7 Å². The van der Waals surface area contributed by atoms with Crippen molar-refractivity contribution in [3.63, 3.8) is 0 Å². The molecule has 3 rings (SSSR count). The molecule has 3 aromatic rings. The Labute approximate surface area is 183 Å². The molecule has 1 N–H and O–H groups in total. The lowest BCUT2D eigenvalue weighted by Gasteiger charge is -2.14. The number of ether oxygens (including phenoxy) is 2. The van der Waals surface area contributed by atoms with Gasteiger partial charge in [-0.3, -0.25) is 0 Å². The highest BCUT2D eigenvalue weighted by molar-refractivity contribution is 9.10. The zero-order valence-corrected chi connectivity index (χ0v) is 18.4. The minimum atomic E-state index is 0.415. The van der Waals surface area contributed by atoms with Gasteiger partial charge in [-0.05, 0) is 42.0 Å². The molecule has 0 atom stereocenters. The Bertz CT molecular complexity index is 950. The van der Waals surface area contributed by atoms with Gasteiger partial charge in [-0.1, -0.05) is 63.4 Å². The van der Waals surface area contributed by atoms with Crippen LogP contribution in [0.5, 0.6) is 11.5 Å². The first-order valence-electron chi connectivity index (χ1n) is 8.74. The van der Waals surface area contributed by atoms with Crippen molar-refractivity contribution >= 4 is 39.1 Å². The van der Waals surface area contributed by atoms with Crippen molar-refractivity contribution in [2.45, 2.75) is 19.7 Å². The van der Waals surface area contributed by atoms with E-state index in [1.165, 1.54) is 0 Å². The maximum absolute atomic E-state index is 6.09. The lowest BCUT2D eigenvalue weighted by atomic mass is 10.1. The summed E-state index contributed by atoms with van der Waals surface area (Å²) in [5.41, 5.74) is 3.13. The van der Waals surface area contributed by atoms with E-state index in [2.05, 4.69) is 33.4 Å². The number of hydrogen-bond donors (Lipinski definition) is 1. The average Bonchev–Trinajstić information content (AvgIpc) is 2.70. The second-order valence-corrected chi connectivity index (χ2v) is 7.93. The van der Waals surface area contributed by atoms with Crippen LogP contribution in [-0.4, -0.2) is 7.11 Å². The molecule has 0 amide bonds. The molecule has 0 bridgehead atoms. The van der Waals surface area contributed by atoms with Gasteiger partial charge >= 0.3 is 0 Å². The van der Waals surface area contributed by atoms with E-state index in [9.17, 15) is 0 Å². The molecular formula is C22H20BrCl2NO2. The van der Waals surface area contributed by atoms with Gasteiger partial charge in [-0.25, -0.2) is 0 Å². The molecule has 0 radical (unpaired) electrons.